The quantitative estimate of drug-likeness (QED) is 0.418. The van der Waals surface area contributed by atoms with Crippen molar-refractivity contribution in [2.45, 2.75) is 12.6 Å². The Hall–Kier alpha value is -0.600. The number of halogens is 1. The molecule has 1 rings (SSSR count). The van der Waals surface area contributed by atoms with Crippen LogP contribution in [0.15, 0.2) is 0 Å². The lowest BCUT2D eigenvalue weighted by Gasteiger charge is -1.84. The number of carbonyl (C=O) groups is 1. The van der Waals surface area contributed by atoms with Gasteiger partial charge in [-0.25, -0.2) is 9.71 Å². The summed E-state index contributed by atoms with van der Waals surface area (Å²) >= 11 is 0. The minimum Gasteiger partial charge on any atom is -0.270 e. The molecule has 0 saturated carbocycles. The molecule has 1 aliphatic rings. The van der Waals surface area contributed by atoms with E-state index in [0.29, 0.717) is 13.0 Å². The molecular formula is C4H5FNO. The van der Waals surface area contributed by atoms with Gasteiger partial charge in [-0.2, -0.15) is 0 Å². The minimum atomic E-state index is -1.29. The summed E-state index contributed by atoms with van der Waals surface area (Å²) in [7, 11) is 0. The second-order valence-electron chi connectivity index (χ2n) is 1.48. The maximum Gasteiger partial charge on any atom is 0.275 e. The molecule has 1 fully saturated rings. The smallest absolute Gasteiger partial charge is 0.270 e. The SMILES string of the molecule is O=C1[N]CCC1F. The van der Waals surface area contributed by atoms with Gasteiger partial charge in [-0.05, 0) is 0 Å². The van der Waals surface area contributed by atoms with Crippen LogP contribution in [0.1, 0.15) is 6.42 Å². The predicted molar refractivity (Wildman–Crippen MR) is 21.5 cm³/mol. The van der Waals surface area contributed by atoms with Gasteiger partial charge in [-0.3, -0.25) is 4.79 Å². The molecule has 7 heavy (non-hydrogen) atoms. The van der Waals surface area contributed by atoms with Crippen molar-refractivity contribution in [3.8, 4) is 0 Å². The van der Waals surface area contributed by atoms with E-state index in [0.717, 1.165) is 0 Å². The minimum absolute atomic E-state index is 0.291. The lowest BCUT2D eigenvalue weighted by Crippen LogP contribution is -2.12. The van der Waals surface area contributed by atoms with E-state index in [9.17, 15) is 9.18 Å². The van der Waals surface area contributed by atoms with Crippen molar-refractivity contribution in [2.24, 2.45) is 0 Å². The lowest BCUT2D eigenvalue weighted by atomic mass is 10.3. The second-order valence-corrected chi connectivity index (χ2v) is 1.48. The Labute approximate surface area is 40.7 Å². The summed E-state index contributed by atoms with van der Waals surface area (Å²) < 4.78 is 11.9. The molecule has 1 saturated heterocycles. The maximum absolute atomic E-state index is 11.9. The normalized spacial score (nSPS) is 30.4. The Morgan fingerprint density at radius 2 is 2.57 bits per heavy atom. The van der Waals surface area contributed by atoms with Crippen molar-refractivity contribution in [1.82, 2.24) is 5.32 Å². The molecule has 1 atom stereocenters. The van der Waals surface area contributed by atoms with E-state index >= 15 is 0 Å². The summed E-state index contributed by atoms with van der Waals surface area (Å²) in [4.78, 5) is 10.0. The molecule has 2 nitrogen and oxygen atoms in total. The fourth-order valence-electron chi connectivity index (χ4n) is 0.511. The summed E-state index contributed by atoms with van der Waals surface area (Å²) in [5.74, 6) is -0.583. The maximum atomic E-state index is 11.9. The zero-order valence-electron chi connectivity index (χ0n) is 3.72. The summed E-state index contributed by atoms with van der Waals surface area (Å²) in [5.41, 5.74) is 0. The van der Waals surface area contributed by atoms with Crippen LogP contribution in [0.4, 0.5) is 4.39 Å². The molecule has 1 radical (unpaired) electrons. The van der Waals surface area contributed by atoms with Gasteiger partial charge < -0.3 is 0 Å². The van der Waals surface area contributed by atoms with Crippen molar-refractivity contribution >= 4 is 5.91 Å². The average Bonchev–Trinajstić information content (AvgIpc) is 1.91. The van der Waals surface area contributed by atoms with E-state index in [1.807, 2.05) is 0 Å². The summed E-state index contributed by atoms with van der Waals surface area (Å²) in [6.07, 6.45) is -1.00. The second kappa shape index (κ2) is 1.48. The molecule has 0 aromatic rings. The average molecular weight is 102 g/mol. The van der Waals surface area contributed by atoms with Gasteiger partial charge in [0.25, 0.3) is 5.91 Å². The van der Waals surface area contributed by atoms with Crippen molar-refractivity contribution in [1.29, 1.82) is 0 Å². The zero-order chi connectivity index (χ0) is 5.28. The van der Waals surface area contributed by atoms with Crippen LogP contribution in [-0.2, 0) is 4.79 Å². The number of rotatable bonds is 0. The van der Waals surface area contributed by atoms with E-state index in [4.69, 9.17) is 0 Å². The van der Waals surface area contributed by atoms with Gasteiger partial charge in [0.1, 0.15) is 0 Å². The zero-order valence-corrected chi connectivity index (χ0v) is 3.72. The third-order valence-corrected chi connectivity index (χ3v) is 0.918. The molecule has 0 aromatic heterocycles. The highest BCUT2D eigenvalue weighted by Gasteiger charge is 2.24. The van der Waals surface area contributed by atoms with Crippen LogP contribution in [0.2, 0.25) is 0 Å². The van der Waals surface area contributed by atoms with E-state index in [1.54, 1.807) is 0 Å². The highest BCUT2D eigenvalue weighted by atomic mass is 19.1. The molecule has 1 amide bonds. The first kappa shape index (κ1) is 4.56. The fraction of sp³-hybridized carbons (Fsp3) is 0.750. The van der Waals surface area contributed by atoms with E-state index in [2.05, 4.69) is 5.32 Å². The molecule has 1 aliphatic heterocycles. The first-order valence-corrected chi connectivity index (χ1v) is 2.16. The predicted octanol–water partition coefficient (Wildman–Crippen LogP) is -0.141. The Morgan fingerprint density at radius 3 is 2.71 bits per heavy atom. The van der Waals surface area contributed by atoms with Crippen molar-refractivity contribution in [3.63, 3.8) is 0 Å². The Bertz CT molecular complexity index is 93.7. The Kier molecular flexibility index (Phi) is 0.964. The number of amides is 1. The molecule has 39 valence electrons. The van der Waals surface area contributed by atoms with Crippen LogP contribution in [0, 0.1) is 0 Å². The fourth-order valence-corrected chi connectivity index (χ4v) is 0.511. The van der Waals surface area contributed by atoms with Gasteiger partial charge in [-0.15, -0.1) is 0 Å². The standard InChI is InChI=1S/C4H5FNO/c5-3-1-2-6-4(3)7/h3H,1-2H2. The van der Waals surface area contributed by atoms with E-state index in [-0.39, 0.29) is 0 Å². The van der Waals surface area contributed by atoms with Gasteiger partial charge in [0.2, 0.25) is 0 Å². The largest absolute Gasteiger partial charge is 0.275 e. The number of hydrogen-bond donors (Lipinski definition) is 0. The van der Waals surface area contributed by atoms with Crippen molar-refractivity contribution < 1.29 is 9.18 Å². The first-order valence-electron chi connectivity index (χ1n) is 2.16. The summed E-state index contributed by atoms with van der Waals surface area (Å²) in [6.45, 7) is 0.375. The van der Waals surface area contributed by atoms with Crippen LogP contribution in [-0.4, -0.2) is 18.6 Å². The lowest BCUT2D eigenvalue weighted by molar-refractivity contribution is -0.123. The number of nitrogens with zero attached hydrogens (tertiary/aromatic N) is 1. The van der Waals surface area contributed by atoms with Gasteiger partial charge in [0.05, 0.1) is 0 Å². The highest BCUT2D eigenvalue weighted by Crippen LogP contribution is 2.03. The van der Waals surface area contributed by atoms with Gasteiger partial charge in [0.15, 0.2) is 6.17 Å². The Balaban J connectivity index is 2.48. The van der Waals surface area contributed by atoms with Gasteiger partial charge in [0, 0.05) is 13.0 Å². The number of carbonyl (C=O) groups excluding carboxylic acids is 1. The monoisotopic (exact) mass is 102 g/mol. The molecule has 0 bridgehead atoms. The van der Waals surface area contributed by atoms with Crippen molar-refractivity contribution in [3.05, 3.63) is 0 Å². The molecule has 0 spiro atoms. The van der Waals surface area contributed by atoms with Crippen LogP contribution >= 0.6 is 0 Å². The van der Waals surface area contributed by atoms with Gasteiger partial charge >= 0.3 is 0 Å². The number of hydrogen-bond acceptors (Lipinski definition) is 1. The van der Waals surface area contributed by atoms with Gasteiger partial charge in [-0.1, -0.05) is 0 Å². The summed E-state index contributed by atoms with van der Waals surface area (Å²) in [6, 6.07) is 0. The molecule has 3 heteroatoms. The molecule has 1 unspecified atom stereocenters. The summed E-state index contributed by atoms with van der Waals surface area (Å²) in [5, 5.41) is 3.30. The number of alkyl halides is 1. The molecular weight excluding hydrogens is 97.0 g/mol. The molecule has 0 N–H and O–H groups in total. The van der Waals surface area contributed by atoms with Crippen molar-refractivity contribution in [2.75, 3.05) is 6.54 Å². The van der Waals surface area contributed by atoms with Crippen LogP contribution < -0.4 is 5.32 Å². The van der Waals surface area contributed by atoms with Crippen LogP contribution in [0.5, 0.6) is 0 Å². The van der Waals surface area contributed by atoms with Crippen LogP contribution in [0.25, 0.3) is 0 Å². The first-order chi connectivity index (χ1) is 3.30. The Morgan fingerprint density at radius 1 is 1.86 bits per heavy atom. The van der Waals surface area contributed by atoms with E-state index < -0.39 is 12.1 Å². The van der Waals surface area contributed by atoms with Crippen LogP contribution in [0.3, 0.4) is 0 Å². The topological polar surface area (TPSA) is 31.2 Å². The molecule has 0 aromatic carbocycles. The molecule has 1 heterocycles. The van der Waals surface area contributed by atoms with E-state index in [1.165, 1.54) is 0 Å². The highest BCUT2D eigenvalue weighted by molar-refractivity contribution is 5.82. The third-order valence-electron chi connectivity index (χ3n) is 0.918. The third kappa shape index (κ3) is 0.706. The molecule has 0 aliphatic carbocycles.